The van der Waals surface area contributed by atoms with Crippen LogP contribution in [-0.2, 0) is 0 Å². The molecule has 5 nitrogen and oxygen atoms in total. The van der Waals surface area contributed by atoms with Crippen LogP contribution >= 0.6 is 0 Å². The van der Waals surface area contributed by atoms with Crippen LogP contribution in [0, 0.1) is 0 Å². The highest BCUT2D eigenvalue weighted by Crippen LogP contribution is 2.18. The van der Waals surface area contributed by atoms with Crippen molar-refractivity contribution >= 4 is 23.2 Å². The Labute approximate surface area is 129 Å². The Kier molecular flexibility index (Phi) is 4.78. The first-order valence-corrected chi connectivity index (χ1v) is 7.03. The molecule has 5 heteroatoms. The van der Waals surface area contributed by atoms with Crippen LogP contribution < -0.4 is 16.4 Å². The molecule has 0 aliphatic carbocycles. The fourth-order valence-corrected chi connectivity index (χ4v) is 1.97. The summed E-state index contributed by atoms with van der Waals surface area (Å²) in [5, 5.41) is 6.04. The highest BCUT2D eigenvalue weighted by atomic mass is 16.2. The van der Waals surface area contributed by atoms with Gasteiger partial charge in [0.25, 0.3) is 5.91 Å². The van der Waals surface area contributed by atoms with Crippen LogP contribution in [0.2, 0.25) is 0 Å². The Balaban J connectivity index is 2.13. The molecule has 0 aliphatic rings. The maximum absolute atomic E-state index is 12.0. The Hall–Kier alpha value is -2.82. The van der Waals surface area contributed by atoms with Crippen LogP contribution in [-0.4, -0.2) is 17.9 Å². The lowest BCUT2D eigenvalue weighted by molar-refractivity contribution is 0.0942. The summed E-state index contributed by atoms with van der Waals surface area (Å²) in [6.07, 6.45) is 0. The zero-order chi connectivity index (χ0) is 16.1. The Morgan fingerprint density at radius 2 is 1.64 bits per heavy atom. The summed E-state index contributed by atoms with van der Waals surface area (Å²) in [6, 6.07) is 14.1. The average Bonchev–Trinajstić information content (AvgIpc) is 2.47. The summed E-state index contributed by atoms with van der Waals surface area (Å²) in [4.78, 5) is 23.0. The Bertz CT molecular complexity index is 679. The van der Waals surface area contributed by atoms with E-state index in [9.17, 15) is 9.59 Å². The molecule has 2 aromatic carbocycles. The van der Waals surface area contributed by atoms with Gasteiger partial charge in [0.2, 0.25) is 5.91 Å². The molecule has 2 rings (SSSR count). The third-order valence-corrected chi connectivity index (χ3v) is 3.00. The fourth-order valence-electron chi connectivity index (χ4n) is 1.97. The normalized spacial score (nSPS) is 10.3. The number of hydrogen-bond donors (Lipinski definition) is 3. The van der Waals surface area contributed by atoms with Gasteiger partial charge in [0.1, 0.15) is 0 Å². The summed E-state index contributed by atoms with van der Waals surface area (Å²) in [6.45, 7) is 3.83. The minimum atomic E-state index is -0.459. The Morgan fingerprint density at radius 3 is 2.23 bits per heavy atom. The molecule has 0 unspecified atom stereocenters. The minimum Gasteiger partial charge on any atom is -0.366 e. The SMILES string of the molecule is CC(C)NC(=O)c1cccc(Nc2ccc(C(N)=O)cc2)c1. The van der Waals surface area contributed by atoms with E-state index in [4.69, 9.17) is 5.73 Å². The third-order valence-electron chi connectivity index (χ3n) is 3.00. The van der Waals surface area contributed by atoms with Crippen molar-refractivity contribution in [3.8, 4) is 0 Å². The van der Waals surface area contributed by atoms with Gasteiger partial charge < -0.3 is 16.4 Å². The van der Waals surface area contributed by atoms with Crippen LogP contribution in [0.5, 0.6) is 0 Å². The molecule has 0 aromatic heterocycles. The molecule has 0 heterocycles. The summed E-state index contributed by atoms with van der Waals surface area (Å²) in [5.41, 5.74) is 7.86. The van der Waals surface area contributed by atoms with Crippen molar-refractivity contribution in [2.75, 3.05) is 5.32 Å². The molecule has 0 fully saturated rings. The molecule has 0 atom stereocenters. The number of nitrogens with two attached hydrogens (primary N) is 1. The van der Waals surface area contributed by atoms with Crippen LogP contribution in [0.1, 0.15) is 34.6 Å². The molecule has 0 saturated carbocycles. The predicted octanol–water partition coefficient (Wildman–Crippen LogP) is 2.67. The summed E-state index contributed by atoms with van der Waals surface area (Å²) >= 11 is 0. The van der Waals surface area contributed by atoms with E-state index < -0.39 is 5.91 Å². The van der Waals surface area contributed by atoms with E-state index >= 15 is 0 Å². The average molecular weight is 297 g/mol. The molecular formula is C17H19N3O2. The van der Waals surface area contributed by atoms with Gasteiger partial charge >= 0.3 is 0 Å². The number of nitrogens with one attached hydrogen (secondary N) is 2. The van der Waals surface area contributed by atoms with Gasteiger partial charge in [-0.3, -0.25) is 9.59 Å². The maximum atomic E-state index is 12.0. The quantitative estimate of drug-likeness (QED) is 0.793. The van der Waals surface area contributed by atoms with Gasteiger partial charge in [-0.2, -0.15) is 0 Å². The van der Waals surface area contributed by atoms with Gasteiger partial charge in [-0.05, 0) is 56.3 Å². The molecule has 2 amide bonds. The van der Waals surface area contributed by atoms with Crippen LogP contribution in [0.25, 0.3) is 0 Å². The first-order chi connectivity index (χ1) is 10.5. The van der Waals surface area contributed by atoms with Gasteiger partial charge in [-0.25, -0.2) is 0 Å². The van der Waals surface area contributed by atoms with E-state index in [2.05, 4.69) is 10.6 Å². The number of carbonyl (C=O) groups excluding carboxylic acids is 2. The molecule has 2 aromatic rings. The van der Waals surface area contributed by atoms with E-state index in [1.807, 2.05) is 26.0 Å². The summed E-state index contributed by atoms with van der Waals surface area (Å²) in [7, 11) is 0. The zero-order valence-electron chi connectivity index (χ0n) is 12.6. The number of carbonyl (C=O) groups is 2. The molecule has 0 spiro atoms. The second-order valence-corrected chi connectivity index (χ2v) is 5.28. The smallest absolute Gasteiger partial charge is 0.251 e. The number of rotatable bonds is 5. The van der Waals surface area contributed by atoms with E-state index in [0.29, 0.717) is 11.1 Å². The summed E-state index contributed by atoms with van der Waals surface area (Å²) < 4.78 is 0. The number of amides is 2. The first kappa shape index (κ1) is 15.6. The minimum absolute atomic E-state index is 0.0884. The van der Waals surface area contributed by atoms with Crippen LogP contribution in [0.3, 0.4) is 0 Å². The van der Waals surface area contributed by atoms with Crippen LogP contribution in [0.4, 0.5) is 11.4 Å². The molecule has 4 N–H and O–H groups in total. The van der Waals surface area contributed by atoms with Crippen LogP contribution in [0.15, 0.2) is 48.5 Å². The van der Waals surface area contributed by atoms with Crippen molar-refractivity contribution in [1.29, 1.82) is 0 Å². The molecule has 0 radical (unpaired) electrons. The van der Waals surface area contributed by atoms with Gasteiger partial charge in [-0.15, -0.1) is 0 Å². The van der Waals surface area contributed by atoms with Crippen molar-refractivity contribution in [1.82, 2.24) is 5.32 Å². The lowest BCUT2D eigenvalue weighted by Gasteiger charge is -2.11. The molecule has 22 heavy (non-hydrogen) atoms. The topological polar surface area (TPSA) is 84.2 Å². The number of benzene rings is 2. The molecule has 0 bridgehead atoms. The molecule has 0 aliphatic heterocycles. The van der Waals surface area contributed by atoms with Gasteiger partial charge in [-0.1, -0.05) is 6.07 Å². The first-order valence-electron chi connectivity index (χ1n) is 7.03. The second-order valence-electron chi connectivity index (χ2n) is 5.28. The fraction of sp³-hybridized carbons (Fsp3) is 0.176. The summed E-state index contributed by atoms with van der Waals surface area (Å²) in [5.74, 6) is -0.568. The van der Waals surface area contributed by atoms with E-state index in [1.54, 1.807) is 36.4 Å². The van der Waals surface area contributed by atoms with Crippen molar-refractivity contribution in [3.05, 3.63) is 59.7 Å². The van der Waals surface area contributed by atoms with E-state index in [-0.39, 0.29) is 11.9 Å². The lowest BCUT2D eigenvalue weighted by atomic mass is 10.1. The standard InChI is InChI=1S/C17H19N3O2/c1-11(2)19-17(22)13-4-3-5-15(10-13)20-14-8-6-12(7-9-14)16(18)21/h3-11,20H,1-2H3,(H2,18,21)(H,19,22). The highest BCUT2D eigenvalue weighted by Gasteiger charge is 2.07. The van der Waals surface area contributed by atoms with E-state index in [1.165, 1.54) is 0 Å². The number of anilines is 2. The zero-order valence-corrected chi connectivity index (χ0v) is 12.6. The number of hydrogen-bond acceptors (Lipinski definition) is 3. The van der Waals surface area contributed by atoms with Gasteiger partial charge in [0.15, 0.2) is 0 Å². The van der Waals surface area contributed by atoms with Crippen molar-refractivity contribution < 1.29 is 9.59 Å². The second kappa shape index (κ2) is 6.76. The monoisotopic (exact) mass is 297 g/mol. The molecule has 114 valence electrons. The largest absolute Gasteiger partial charge is 0.366 e. The van der Waals surface area contributed by atoms with Crippen molar-refractivity contribution in [2.45, 2.75) is 19.9 Å². The molecule has 0 saturated heterocycles. The molecular weight excluding hydrogens is 278 g/mol. The van der Waals surface area contributed by atoms with E-state index in [0.717, 1.165) is 11.4 Å². The van der Waals surface area contributed by atoms with Crippen molar-refractivity contribution in [3.63, 3.8) is 0 Å². The highest BCUT2D eigenvalue weighted by molar-refractivity contribution is 5.95. The van der Waals surface area contributed by atoms with Gasteiger partial charge in [0.05, 0.1) is 0 Å². The Morgan fingerprint density at radius 1 is 0.955 bits per heavy atom. The van der Waals surface area contributed by atoms with Gasteiger partial charge in [0, 0.05) is 28.5 Å². The number of primary amides is 1. The maximum Gasteiger partial charge on any atom is 0.251 e. The third kappa shape index (κ3) is 4.09. The predicted molar refractivity (Wildman–Crippen MR) is 87.3 cm³/mol. The van der Waals surface area contributed by atoms with Crippen molar-refractivity contribution in [2.24, 2.45) is 5.73 Å². The lowest BCUT2D eigenvalue weighted by Crippen LogP contribution is -2.30.